The van der Waals surface area contributed by atoms with Crippen molar-refractivity contribution in [2.45, 2.75) is 25.7 Å². The third-order valence-corrected chi connectivity index (χ3v) is 4.33. The molecule has 0 atom stereocenters. The van der Waals surface area contributed by atoms with Crippen molar-refractivity contribution in [2.24, 2.45) is 0 Å². The predicted molar refractivity (Wildman–Crippen MR) is 92.9 cm³/mol. The molecule has 0 saturated heterocycles. The lowest BCUT2D eigenvalue weighted by molar-refractivity contribution is -0.120. The zero-order chi connectivity index (χ0) is 16.1. The first-order valence-corrected chi connectivity index (χ1v) is 8.33. The average Bonchev–Trinajstić information content (AvgIpc) is 2.57. The SMILES string of the molecule is O=C(Cc1ccccc1Cl)NCCc1ccc2c(n1)NCCC2. The van der Waals surface area contributed by atoms with Crippen LogP contribution in [0.15, 0.2) is 36.4 Å². The van der Waals surface area contributed by atoms with Crippen LogP contribution in [-0.4, -0.2) is 24.0 Å². The number of pyridine rings is 1. The molecular formula is C18H20ClN3O. The molecule has 3 rings (SSSR count). The van der Waals surface area contributed by atoms with Crippen LogP contribution in [0.5, 0.6) is 0 Å². The molecule has 0 unspecified atom stereocenters. The van der Waals surface area contributed by atoms with Gasteiger partial charge in [0, 0.05) is 30.2 Å². The Morgan fingerprint density at radius 2 is 2.13 bits per heavy atom. The molecule has 0 fully saturated rings. The maximum atomic E-state index is 12.0. The van der Waals surface area contributed by atoms with E-state index >= 15 is 0 Å². The summed E-state index contributed by atoms with van der Waals surface area (Å²) in [4.78, 5) is 16.6. The number of hydrogen-bond acceptors (Lipinski definition) is 3. The fourth-order valence-corrected chi connectivity index (χ4v) is 2.92. The number of carbonyl (C=O) groups excluding carboxylic acids is 1. The minimum atomic E-state index is -0.0193. The molecule has 0 saturated carbocycles. The Hall–Kier alpha value is -2.07. The van der Waals surface area contributed by atoms with Crippen LogP contribution in [0.4, 0.5) is 5.82 Å². The quantitative estimate of drug-likeness (QED) is 0.886. The summed E-state index contributed by atoms with van der Waals surface area (Å²) in [6, 6.07) is 11.6. The monoisotopic (exact) mass is 329 g/mol. The first kappa shape index (κ1) is 15.8. The molecule has 4 nitrogen and oxygen atoms in total. The van der Waals surface area contributed by atoms with Crippen molar-refractivity contribution >= 4 is 23.3 Å². The Morgan fingerprint density at radius 1 is 1.26 bits per heavy atom. The lowest BCUT2D eigenvalue weighted by Gasteiger charge is -2.17. The second kappa shape index (κ2) is 7.47. The maximum Gasteiger partial charge on any atom is 0.224 e. The van der Waals surface area contributed by atoms with Crippen LogP contribution in [0.25, 0.3) is 0 Å². The highest BCUT2D eigenvalue weighted by Gasteiger charge is 2.10. The van der Waals surface area contributed by atoms with Gasteiger partial charge in [-0.05, 0) is 36.1 Å². The van der Waals surface area contributed by atoms with E-state index in [0.29, 0.717) is 18.0 Å². The number of rotatable bonds is 5. The lowest BCUT2D eigenvalue weighted by atomic mass is 10.1. The first-order chi connectivity index (χ1) is 11.2. The molecule has 23 heavy (non-hydrogen) atoms. The summed E-state index contributed by atoms with van der Waals surface area (Å²) in [5.41, 5.74) is 3.13. The number of amides is 1. The second-order valence-electron chi connectivity index (χ2n) is 5.71. The normalized spacial score (nSPS) is 13.1. The number of nitrogens with one attached hydrogen (secondary N) is 2. The van der Waals surface area contributed by atoms with E-state index in [9.17, 15) is 4.79 Å². The van der Waals surface area contributed by atoms with E-state index in [1.807, 2.05) is 24.3 Å². The number of carbonyl (C=O) groups is 1. The van der Waals surface area contributed by atoms with E-state index in [1.54, 1.807) is 6.07 Å². The van der Waals surface area contributed by atoms with Gasteiger partial charge in [0.2, 0.25) is 5.91 Å². The number of aromatic nitrogens is 1. The molecule has 5 heteroatoms. The molecule has 1 aromatic heterocycles. The minimum Gasteiger partial charge on any atom is -0.370 e. The van der Waals surface area contributed by atoms with Crippen LogP contribution < -0.4 is 10.6 Å². The molecule has 0 aliphatic carbocycles. The van der Waals surface area contributed by atoms with Crippen molar-refractivity contribution < 1.29 is 4.79 Å². The van der Waals surface area contributed by atoms with E-state index < -0.39 is 0 Å². The highest BCUT2D eigenvalue weighted by atomic mass is 35.5. The molecule has 1 aliphatic heterocycles. The summed E-state index contributed by atoms with van der Waals surface area (Å²) < 4.78 is 0. The largest absolute Gasteiger partial charge is 0.370 e. The van der Waals surface area contributed by atoms with Gasteiger partial charge < -0.3 is 10.6 Å². The number of hydrogen-bond donors (Lipinski definition) is 2. The molecule has 2 aromatic rings. The van der Waals surface area contributed by atoms with E-state index in [1.165, 1.54) is 5.56 Å². The average molecular weight is 330 g/mol. The van der Waals surface area contributed by atoms with Crippen LogP contribution in [0.3, 0.4) is 0 Å². The zero-order valence-corrected chi connectivity index (χ0v) is 13.7. The lowest BCUT2D eigenvalue weighted by Crippen LogP contribution is -2.27. The smallest absolute Gasteiger partial charge is 0.224 e. The Bertz CT molecular complexity index is 702. The Morgan fingerprint density at radius 3 is 3.00 bits per heavy atom. The number of fused-ring (bicyclic) bond motifs is 1. The summed E-state index contributed by atoms with van der Waals surface area (Å²) in [5, 5.41) is 6.89. The standard InChI is InChI=1S/C18H20ClN3O/c19-16-6-2-1-4-14(16)12-17(23)20-11-9-15-8-7-13-5-3-10-21-18(13)22-15/h1-2,4,6-8H,3,5,9-12H2,(H,20,23)(H,21,22). The van der Waals surface area contributed by atoms with Crippen LogP contribution in [0.2, 0.25) is 5.02 Å². The molecule has 2 N–H and O–H groups in total. The number of anilines is 1. The summed E-state index contributed by atoms with van der Waals surface area (Å²) >= 11 is 6.07. The first-order valence-electron chi connectivity index (χ1n) is 7.95. The fourth-order valence-electron chi connectivity index (χ4n) is 2.72. The summed E-state index contributed by atoms with van der Waals surface area (Å²) in [6.45, 7) is 1.56. The topological polar surface area (TPSA) is 54.0 Å². The number of benzene rings is 1. The van der Waals surface area contributed by atoms with Gasteiger partial charge in [-0.1, -0.05) is 35.9 Å². The third-order valence-electron chi connectivity index (χ3n) is 3.96. The Labute approximate surface area is 141 Å². The van der Waals surface area contributed by atoms with Gasteiger partial charge in [-0.2, -0.15) is 0 Å². The number of halogens is 1. The highest BCUT2D eigenvalue weighted by molar-refractivity contribution is 6.31. The molecule has 1 aliphatic rings. The predicted octanol–water partition coefficient (Wildman–Crippen LogP) is 2.99. The summed E-state index contributed by atoms with van der Waals surface area (Å²) in [5.74, 6) is 0.977. The van der Waals surface area contributed by atoms with Crippen molar-refractivity contribution in [3.8, 4) is 0 Å². The van der Waals surface area contributed by atoms with Crippen molar-refractivity contribution in [1.29, 1.82) is 0 Å². The van der Waals surface area contributed by atoms with Crippen molar-refractivity contribution in [3.63, 3.8) is 0 Å². The number of nitrogens with zero attached hydrogens (tertiary/aromatic N) is 1. The maximum absolute atomic E-state index is 12.0. The van der Waals surface area contributed by atoms with Crippen molar-refractivity contribution in [1.82, 2.24) is 10.3 Å². The molecule has 120 valence electrons. The number of aryl methyl sites for hydroxylation is 1. The molecule has 2 heterocycles. The van der Waals surface area contributed by atoms with Gasteiger partial charge in [-0.25, -0.2) is 4.98 Å². The van der Waals surface area contributed by atoms with E-state index in [4.69, 9.17) is 11.6 Å². The fraction of sp³-hybridized carbons (Fsp3) is 0.333. The highest BCUT2D eigenvalue weighted by Crippen LogP contribution is 2.19. The van der Waals surface area contributed by atoms with Gasteiger partial charge >= 0.3 is 0 Å². The van der Waals surface area contributed by atoms with Crippen LogP contribution in [0, 0.1) is 0 Å². The van der Waals surface area contributed by atoms with Crippen LogP contribution in [0.1, 0.15) is 23.2 Å². The summed E-state index contributed by atoms with van der Waals surface area (Å²) in [6.07, 6.45) is 3.28. The minimum absolute atomic E-state index is 0.0193. The van der Waals surface area contributed by atoms with E-state index in [2.05, 4.69) is 21.7 Å². The van der Waals surface area contributed by atoms with Crippen molar-refractivity contribution in [3.05, 3.63) is 58.2 Å². The molecule has 0 bridgehead atoms. The van der Waals surface area contributed by atoms with Gasteiger partial charge in [0.15, 0.2) is 0 Å². The van der Waals surface area contributed by atoms with Gasteiger partial charge in [0.25, 0.3) is 0 Å². The molecule has 0 radical (unpaired) electrons. The molecular weight excluding hydrogens is 310 g/mol. The van der Waals surface area contributed by atoms with Gasteiger partial charge in [-0.15, -0.1) is 0 Å². The van der Waals surface area contributed by atoms with E-state index in [0.717, 1.165) is 42.9 Å². The second-order valence-corrected chi connectivity index (χ2v) is 6.12. The van der Waals surface area contributed by atoms with Gasteiger partial charge in [0.05, 0.1) is 6.42 Å². The van der Waals surface area contributed by atoms with Gasteiger partial charge in [0.1, 0.15) is 5.82 Å². The molecule has 0 spiro atoms. The zero-order valence-electron chi connectivity index (χ0n) is 12.9. The summed E-state index contributed by atoms with van der Waals surface area (Å²) in [7, 11) is 0. The van der Waals surface area contributed by atoms with Crippen LogP contribution >= 0.6 is 11.6 Å². The van der Waals surface area contributed by atoms with Crippen LogP contribution in [-0.2, 0) is 24.1 Å². The molecule has 1 amide bonds. The molecule has 1 aromatic carbocycles. The van der Waals surface area contributed by atoms with Crippen molar-refractivity contribution in [2.75, 3.05) is 18.4 Å². The third kappa shape index (κ3) is 4.23. The van der Waals surface area contributed by atoms with E-state index in [-0.39, 0.29) is 5.91 Å². The Kier molecular flexibility index (Phi) is 5.13. The van der Waals surface area contributed by atoms with Gasteiger partial charge in [-0.3, -0.25) is 4.79 Å². The Balaban J connectivity index is 1.49.